The van der Waals surface area contributed by atoms with Crippen molar-refractivity contribution in [2.24, 2.45) is 0 Å². The lowest BCUT2D eigenvalue weighted by atomic mass is 10.1. The van der Waals surface area contributed by atoms with Gasteiger partial charge in [0, 0.05) is 6.58 Å². The van der Waals surface area contributed by atoms with Gasteiger partial charge in [0.05, 0.1) is 19.6 Å². The van der Waals surface area contributed by atoms with Crippen LogP contribution < -0.4 is 0 Å². The van der Waals surface area contributed by atoms with Crippen molar-refractivity contribution < 1.29 is 9.59 Å². The third kappa shape index (κ3) is 6.44. The molecular formula is C16H34NO+. The highest BCUT2D eigenvalue weighted by atomic mass is 16.3. The number of unbranched alkanes of at least 4 members (excludes halogenated alkanes) is 7. The van der Waals surface area contributed by atoms with Crippen LogP contribution in [0.25, 0.3) is 0 Å². The molecule has 2 nitrogen and oxygen atoms in total. The summed E-state index contributed by atoms with van der Waals surface area (Å²) in [6.07, 6.45) is 10.7. The lowest BCUT2D eigenvalue weighted by molar-refractivity contribution is -0.902. The second-order valence-corrected chi connectivity index (χ2v) is 5.39. The zero-order chi connectivity index (χ0) is 13.9. The van der Waals surface area contributed by atoms with Crippen LogP contribution in [-0.4, -0.2) is 29.2 Å². The lowest BCUT2D eigenvalue weighted by Crippen LogP contribution is -2.47. The summed E-state index contributed by atoms with van der Waals surface area (Å²) in [6.45, 7) is 13.2. The Balaban J connectivity index is 3.65. The van der Waals surface area contributed by atoms with E-state index in [2.05, 4.69) is 27.4 Å². The van der Waals surface area contributed by atoms with Crippen molar-refractivity contribution in [3.8, 4) is 0 Å². The van der Waals surface area contributed by atoms with Gasteiger partial charge in [-0.3, -0.25) is 4.48 Å². The molecule has 0 bridgehead atoms. The molecule has 0 amide bonds. The Morgan fingerprint density at radius 2 is 1.28 bits per heavy atom. The number of quaternary nitrogens is 1. The van der Waals surface area contributed by atoms with E-state index in [0.29, 0.717) is 10.4 Å². The molecule has 0 rings (SSSR count). The van der Waals surface area contributed by atoms with E-state index in [1.54, 1.807) is 0 Å². The summed E-state index contributed by atoms with van der Waals surface area (Å²) in [5.74, 6) is 0.336. The molecule has 0 aromatic heterocycles. The molecule has 0 radical (unpaired) electrons. The minimum atomic E-state index is 0.336. The average Bonchev–Trinajstić information content (AvgIpc) is 2.37. The van der Waals surface area contributed by atoms with E-state index in [1.165, 1.54) is 51.4 Å². The Morgan fingerprint density at radius 3 is 1.67 bits per heavy atom. The largest absolute Gasteiger partial charge is 0.468 e. The number of hydrogen-bond donors (Lipinski definition) is 1. The normalized spacial score (nSPS) is 11.7. The van der Waals surface area contributed by atoms with Crippen molar-refractivity contribution in [1.82, 2.24) is 0 Å². The van der Waals surface area contributed by atoms with Crippen LogP contribution in [0.5, 0.6) is 0 Å². The highest BCUT2D eigenvalue weighted by Gasteiger charge is 2.26. The molecule has 0 unspecified atom stereocenters. The monoisotopic (exact) mass is 256 g/mol. The minimum Gasteiger partial charge on any atom is -0.468 e. The fourth-order valence-corrected chi connectivity index (χ4v) is 2.58. The van der Waals surface area contributed by atoms with Gasteiger partial charge in [-0.15, -0.1) is 0 Å². The van der Waals surface area contributed by atoms with Crippen molar-refractivity contribution in [3.05, 3.63) is 12.5 Å². The maximum Gasteiger partial charge on any atom is 0.281 e. The number of hydrogen-bond acceptors (Lipinski definition) is 1. The summed E-state index contributed by atoms with van der Waals surface area (Å²) in [4.78, 5) is 0. The van der Waals surface area contributed by atoms with Crippen molar-refractivity contribution >= 4 is 0 Å². The Bertz CT molecular complexity index is 209. The van der Waals surface area contributed by atoms with E-state index < -0.39 is 0 Å². The maximum absolute atomic E-state index is 9.74. The molecule has 108 valence electrons. The number of nitrogens with zero attached hydrogens (tertiary/aromatic N) is 1. The van der Waals surface area contributed by atoms with Gasteiger partial charge in [-0.2, -0.15) is 0 Å². The van der Waals surface area contributed by atoms with Gasteiger partial charge in [-0.05, 0) is 26.7 Å². The van der Waals surface area contributed by atoms with Crippen LogP contribution in [0.15, 0.2) is 12.5 Å². The molecule has 0 aliphatic carbocycles. The first-order valence-electron chi connectivity index (χ1n) is 7.87. The van der Waals surface area contributed by atoms with Crippen molar-refractivity contribution in [1.29, 1.82) is 0 Å². The first kappa shape index (κ1) is 17.5. The van der Waals surface area contributed by atoms with Gasteiger partial charge in [-0.25, -0.2) is 0 Å². The van der Waals surface area contributed by atoms with E-state index in [9.17, 15) is 5.11 Å². The van der Waals surface area contributed by atoms with Gasteiger partial charge < -0.3 is 5.11 Å². The van der Waals surface area contributed by atoms with E-state index >= 15 is 0 Å². The topological polar surface area (TPSA) is 20.2 Å². The second kappa shape index (κ2) is 10.4. The van der Waals surface area contributed by atoms with Crippen molar-refractivity contribution in [2.45, 2.75) is 72.1 Å². The summed E-state index contributed by atoms with van der Waals surface area (Å²) in [5.41, 5.74) is 0. The molecular weight excluding hydrogens is 222 g/mol. The van der Waals surface area contributed by atoms with Crippen LogP contribution in [0.4, 0.5) is 0 Å². The third-order valence-corrected chi connectivity index (χ3v) is 4.20. The standard InChI is InChI=1S/C16H33NO/c1-5-8-9-10-11-12-13-14-15-17(6-2,7-3)16(4)18/h4-15H2,1-3H3/p+1. The zero-order valence-corrected chi connectivity index (χ0v) is 12.9. The quantitative estimate of drug-likeness (QED) is 0.295. The highest BCUT2D eigenvalue weighted by molar-refractivity contribution is 4.67. The number of aliphatic hydroxyl groups is 1. The van der Waals surface area contributed by atoms with Crippen LogP contribution in [0.2, 0.25) is 0 Å². The lowest BCUT2D eigenvalue weighted by Gasteiger charge is -2.34. The van der Waals surface area contributed by atoms with Gasteiger partial charge in [0.15, 0.2) is 0 Å². The molecule has 2 heteroatoms. The van der Waals surface area contributed by atoms with E-state index in [-0.39, 0.29) is 0 Å². The predicted octanol–water partition coefficient (Wildman–Crippen LogP) is 5.01. The Labute approximate surface area is 114 Å². The first-order valence-corrected chi connectivity index (χ1v) is 7.87. The molecule has 0 atom stereocenters. The SMILES string of the molecule is C=C(O)[N+](CC)(CC)CCCCCCCCCC. The summed E-state index contributed by atoms with van der Waals surface area (Å²) < 4.78 is 0.676. The highest BCUT2D eigenvalue weighted by Crippen LogP contribution is 2.17. The van der Waals surface area contributed by atoms with Crippen LogP contribution in [0, 0.1) is 0 Å². The summed E-state index contributed by atoms with van der Waals surface area (Å²) in [6, 6.07) is 0. The fourth-order valence-electron chi connectivity index (χ4n) is 2.58. The average molecular weight is 256 g/mol. The fraction of sp³-hybridized carbons (Fsp3) is 0.875. The molecule has 1 N–H and O–H groups in total. The first-order chi connectivity index (χ1) is 8.63. The number of rotatable bonds is 12. The maximum atomic E-state index is 9.74. The van der Waals surface area contributed by atoms with Crippen LogP contribution in [-0.2, 0) is 0 Å². The van der Waals surface area contributed by atoms with Gasteiger partial charge in [0.2, 0.25) is 0 Å². The molecule has 0 aliphatic rings. The van der Waals surface area contributed by atoms with Gasteiger partial charge >= 0.3 is 0 Å². The van der Waals surface area contributed by atoms with Crippen molar-refractivity contribution in [2.75, 3.05) is 19.6 Å². The molecule has 0 aromatic carbocycles. The summed E-state index contributed by atoms with van der Waals surface area (Å²) in [5, 5.41) is 9.74. The molecule has 0 heterocycles. The van der Waals surface area contributed by atoms with Crippen LogP contribution >= 0.6 is 0 Å². The summed E-state index contributed by atoms with van der Waals surface area (Å²) >= 11 is 0. The Hall–Kier alpha value is -0.500. The van der Waals surface area contributed by atoms with Gasteiger partial charge in [-0.1, -0.05) is 45.4 Å². The number of aliphatic hydroxyl groups excluding tert-OH is 1. The zero-order valence-electron chi connectivity index (χ0n) is 12.9. The smallest absolute Gasteiger partial charge is 0.281 e. The molecule has 0 aromatic rings. The van der Waals surface area contributed by atoms with Gasteiger partial charge in [0.1, 0.15) is 0 Å². The van der Waals surface area contributed by atoms with Crippen LogP contribution in [0.3, 0.4) is 0 Å². The third-order valence-electron chi connectivity index (χ3n) is 4.20. The predicted molar refractivity (Wildman–Crippen MR) is 80.6 cm³/mol. The molecule has 18 heavy (non-hydrogen) atoms. The van der Waals surface area contributed by atoms with E-state index in [0.717, 1.165) is 19.6 Å². The van der Waals surface area contributed by atoms with Gasteiger partial charge in [0.25, 0.3) is 5.88 Å². The van der Waals surface area contributed by atoms with Crippen LogP contribution in [0.1, 0.15) is 72.1 Å². The molecule has 0 spiro atoms. The summed E-state index contributed by atoms with van der Waals surface area (Å²) in [7, 11) is 0. The molecule has 0 saturated carbocycles. The molecule has 0 fully saturated rings. The molecule has 0 saturated heterocycles. The van der Waals surface area contributed by atoms with Crippen molar-refractivity contribution in [3.63, 3.8) is 0 Å². The minimum absolute atomic E-state index is 0.336. The van der Waals surface area contributed by atoms with E-state index in [4.69, 9.17) is 0 Å². The Morgan fingerprint density at radius 1 is 0.833 bits per heavy atom. The second-order valence-electron chi connectivity index (χ2n) is 5.39. The Kier molecular flexibility index (Phi) is 10.1. The molecule has 0 aliphatic heterocycles. The van der Waals surface area contributed by atoms with E-state index in [1.807, 2.05) is 0 Å².